The van der Waals surface area contributed by atoms with Gasteiger partial charge >= 0.3 is 0 Å². The number of likely N-dealkylation sites (tertiary alicyclic amines) is 1. The van der Waals surface area contributed by atoms with Crippen molar-refractivity contribution in [1.82, 2.24) is 14.8 Å². The zero-order valence-electron chi connectivity index (χ0n) is 17.3. The zero-order chi connectivity index (χ0) is 20.9. The summed E-state index contributed by atoms with van der Waals surface area (Å²) in [6, 6.07) is 11.4. The van der Waals surface area contributed by atoms with Crippen LogP contribution in [0, 0.1) is 5.92 Å². The number of ether oxygens (including phenoxy) is 2. The highest BCUT2D eigenvalue weighted by molar-refractivity contribution is 5.84. The first-order valence-corrected chi connectivity index (χ1v) is 10.4. The Morgan fingerprint density at radius 1 is 1.27 bits per heavy atom. The van der Waals surface area contributed by atoms with E-state index in [2.05, 4.69) is 4.98 Å². The maximum absolute atomic E-state index is 13.4. The van der Waals surface area contributed by atoms with E-state index in [0.29, 0.717) is 57.1 Å². The number of rotatable bonds is 4. The van der Waals surface area contributed by atoms with Crippen LogP contribution in [0.1, 0.15) is 30.5 Å². The van der Waals surface area contributed by atoms with Crippen molar-refractivity contribution in [2.45, 2.75) is 32.4 Å². The van der Waals surface area contributed by atoms with Crippen LogP contribution in [0.25, 0.3) is 0 Å². The number of methoxy groups -OCH3 is 1. The number of nitrogens with zero attached hydrogens (tertiary/aromatic N) is 3. The van der Waals surface area contributed by atoms with Crippen molar-refractivity contribution in [2.24, 2.45) is 5.92 Å². The van der Waals surface area contributed by atoms with Gasteiger partial charge < -0.3 is 19.3 Å². The maximum atomic E-state index is 13.4. The number of benzene rings is 1. The Morgan fingerprint density at radius 2 is 2.17 bits per heavy atom. The number of amides is 2. The molecule has 1 fully saturated rings. The van der Waals surface area contributed by atoms with E-state index in [4.69, 9.17) is 9.47 Å². The monoisotopic (exact) mass is 409 g/mol. The molecule has 1 saturated heterocycles. The van der Waals surface area contributed by atoms with E-state index in [0.717, 1.165) is 17.7 Å². The van der Waals surface area contributed by atoms with E-state index < -0.39 is 0 Å². The molecule has 7 nitrogen and oxygen atoms in total. The van der Waals surface area contributed by atoms with E-state index in [-0.39, 0.29) is 17.7 Å². The Morgan fingerprint density at radius 3 is 2.97 bits per heavy atom. The average Bonchev–Trinajstić information content (AvgIpc) is 2.75. The maximum Gasteiger partial charge on any atom is 0.227 e. The molecule has 0 radical (unpaired) electrons. The molecular formula is C23H27N3O4. The largest absolute Gasteiger partial charge is 0.493 e. The van der Waals surface area contributed by atoms with Gasteiger partial charge in [0, 0.05) is 37.8 Å². The molecule has 0 bridgehead atoms. The topological polar surface area (TPSA) is 72.0 Å². The molecule has 1 aromatic heterocycles. The lowest BCUT2D eigenvalue weighted by atomic mass is 9.95. The normalized spacial score (nSPS) is 19.4. The predicted octanol–water partition coefficient (Wildman–Crippen LogP) is 2.64. The van der Waals surface area contributed by atoms with Gasteiger partial charge in [0.05, 0.1) is 31.9 Å². The van der Waals surface area contributed by atoms with Crippen molar-refractivity contribution < 1.29 is 19.1 Å². The molecule has 158 valence electrons. The van der Waals surface area contributed by atoms with Gasteiger partial charge in [0.1, 0.15) is 0 Å². The molecule has 7 heteroatoms. The molecule has 1 unspecified atom stereocenters. The summed E-state index contributed by atoms with van der Waals surface area (Å²) in [4.78, 5) is 33.8. The summed E-state index contributed by atoms with van der Waals surface area (Å²) in [5, 5.41) is 0. The van der Waals surface area contributed by atoms with E-state index in [1.807, 2.05) is 41.3 Å². The predicted molar refractivity (Wildman–Crippen MR) is 111 cm³/mol. The second-order valence-corrected chi connectivity index (χ2v) is 7.74. The number of fused-ring (bicyclic) bond motifs is 1. The molecule has 0 saturated carbocycles. The van der Waals surface area contributed by atoms with E-state index in [9.17, 15) is 9.59 Å². The third-order valence-corrected chi connectivity index (χ3v) is 5.70. The van der Waals surface area contributed by atoms with Gasteiger partial charge in [-0.15, -0.1) is 0 Å². The van der Waals surface area contributed by atoms with Crippen LogP contribution in [-0.4, -0.2) is 53.4 Å². The summed E-state index contributed by atoms with van der Waals surface area (Å²) in [6.07, 6.45) is 3.46. The lowest BCUT2D eigenvalue weighted by Gasteiger charge is -2.35. The van der Waals surface area contributed by atoms with Crippen LogP contribution < -0.4 is 9.47 Å². The fourth-order valence-electron chi connectivity index (χ4n) is 4.13. The third kappa shape index (κ3) is 4.40. The molecule has 3 heterocycles. The molecule has 2 aliphatic rings. The lowest BCUT2D eigenvalue weighted by Crippen LogP contribution is -2.47. The second-order valence-electron chi connectivity index (χ2n) is 7.74. The summed E-state index contributed by atoms with van der Waals surface area (Å²) in [7, 11) is 1.62. The fourth-order valence-corrected chi connectivity index (χ4v) is 4.13. The van der Waals surface area contributed by atoms with Crippen molar-refractivity contribution in [3.8, 4) is 11.5 Å². The van der Waals surface area contributed by atoms with Crippen molar-refractivity contribution in [3.05, 3.63) is 53.9 Å². The van der Waals surface area contributed by atoms with Gasteiger partial charge in [-0.3, -0.25) is 14.6 Å². The summed E-state index contributed by atoms with van der Waals surface area (Å²) in [5.41, 5.74) is 1.78. The van der Waals surface area contributed by atoms with E-state index in [1.165, 1.54) is 0 Å². The zero-order valence-corrected chi connectivity index (χ0v) is 17.3. The van der Waals surface area contributed by atoms with Gasteiger partial charge in [0.15, 0.2) is 11.5 Å². The van der Waals surface area contributed by atoms with Gasteiger partial charge in [-0.2, -0.15) is 0 Å². The first-order chi connectivity index (χ1) is 14.7. The molecule has 2 aromatic rings. The molecule has 0 aliphatic carbocycles. The van der Waals surface area contributed by atoms with Crippen LogP contribution in [0.2, 0.25) is 0 Å². The van der Waals surface area contributed by atoms with E-state index >= 15 is 0 Å². The van der Waals surface area contributed by atoms with Gasteiger partial charge in [-0.1, -0.05) is 18.2 Å². The smallest absolute Gasteiger partial charge is 0.227 e. The van der Waals surface area contributed by atoms with E-state index in [1.54, 1.807) is 18.2 Å². The number of hydrogen-bond acceptors (Lipinski definition) is 5. The molecule has 1 aromatic carbocycles. The van der Waals surface area contributed by atoms with Crippen molar-refractivity contribution >= 4 is 11.8 Å². The molecule has 1 atom stereocenters. The van der Waals surface area contributed by atoms with Crippen molar-refractivity contribution in [1.29, 1.82) is 0 Å². The van der Waals surface area contributed by atoms with Crippen molar-refractivity contribution in [3.63, 3.8) is 0 Å². The molecule has 2 amide bonds. The highest BCUT2D eigenvalue weighted by Gasteiger charge is 2.33. The highest BCUT2D eigenvalue weighted by atomic mass is 16.5. The Labute approximate surface area is 176 Å². The number of piperidine rings is 1. The molecule has 0 spiro atoms. The quantitative estimate of drug-likeness (QED) is 0.776. The minimum atomic E-state index is -0.194. The average molecular weight is 409 g/mol. The third-order valence-electron chi connectivity index (χ3n) is 5.70. The number of hydrogen-bond donors (Lipinski definition) is 0. The van der Waals surface area contributed by atoms with Crippen molar-refractivity contribution in [2.75, 3.05) is 26.8 Å². The minimum absolute atomic E-state index is 0.0841. The summed E-state index contributed by atoms with van der Waals surface area (Å²) >= 11 is 0. The second kappa shape index (κ2) is 9.15. The summed E-state index contributed by atoms with van der Waals surface area (Å²) < 4.78 is 11.3. The van der Waals surface area contributed by atoms with Crippen LogP contribution in [0.5, 0.6) is 11.5 Å². The molecule has 30 heavy (non-hydrogen) atoms. The van der Waals surface area contributed by atoms with Crippen LogP contribution in [0.4, 0.5) is 0 Å². The molecular weight excluding hydrogens is 382 g/mol. The lowest BCUT2D eigenvalue weighted by molar-refractivity contribution is -0.144. The van der Waals surface area contributed by atoms with Gasteiger partial charge in [0.25, 0.3) is 0 Å². The Bertz CT molecular complexity index is 903. The number of pyridine rings is 1. The number of carbonyl (C=O) groups is 2. The summed E-state index contributed by atoms with van der Waals surface area (Å²) in [5.74, 6) is 1.39. The van der Waals surface area contributed by atoms with Crippen LogP contribution in [-0.2, 0) is 22.7 Å². The first kappa shape index (κ1) is 20.2. The summed E-state index contributed by atoms with van der Waals surface area (Å²) in [6.45, 7) is 2.53. The molecule has 4 rings (SSSR count). The van der Waals surface area contributed by atoms with Gasteiger partial charge in [0.2, 0.25) is 11.8 Å². The Balaban J connectivity index is 1.48. The number of carbonyl (C=O) groups excluding carboxylic acids is 2. The molecule has 2 aliphatic heterocycles. The van der Waals surface area contributed by atoms with Gasteiger partial charge in [-0.05, 0) is 31.0 Å². The van der Waals surface area contributed by atoms with Crippen LogP contribution in [0.15, 0.2) is 42.6 Å². The van der Waals surface area contributed by atoms with Crippen LogP contribution in [0.3, 0.4) is 0 Å². The van der Waals surface area contributed by atoms with Gasteiger partial charge in [-0.25, -0.2) is 0 Å². The highest BCUT2D eigenvalue weighted by Crippen LogP contribution is 2.34. The number of para-hydroxylation sites is 1. The minimum Gasteiger partial charge on any atom is -0.493 e. The Kier molecular flexibility index (Phi) is 6.16. The Hall–Kier alpha value is -3.09. The van der Waals surface area contributed by atoms with Crippen LogP contribution >= 0.6 is 0 Å². The first-order valence-electron chi connectivity index (χ1n) is 10.4. The fraction of sp³-hybridized carbons (Fsp3) is 0.435. The standard InChI is InChI=1S/C23H27N3O4/c1-29-20-8-4-6-17-14-25(12-5-13-30-22(17)20)23(28)18-9-10-21(27)26(15-18)16-19-7-2-3-11-24-19/h2-4,6-8,11,18H,5,9-10,12-16H2,1H3. The number of aromatic nitrogens is 1. The SMILES string of the molecule is COc1cccc2c1OCCCN(C(=O)C1CCC(=O)N(Cc3ccccn3)C1)C2. The molecule has 0 N–H and O–H groups in total.